The van der Waals surface area contributed by atoms with Crippen LogP contribution in [-0.2, 0) is 4.79 Å². The van der Waals surface area contributed by atoms with Gasteiger partial charge in [0.25, 0.3) is 11.8 Å². The standard InChI is InChI=1S/C17H14Cl2N2O3/c1-9(10-2-4-12(18)13(19)6-10)20-17(23)11-3-5-14-15(7-11)24-8-16(22)21-14/h2-7,9H,8H2,1H3,(H,20,23)(H,21,22). The fourth-order valence-electron chi connectivity index (χ4n) is 2.36. The number of amides is 2. The van der Waals surface area contributed by atoms with Crippen LogP contribution in [0.15, 0.2) is 36.4 Å². The van der Waals surface area contributed by atoms with Gasteiger partial charge in [-0.2, -0.15) is 0 Å². The van der Waals surface area contributed by atoms with Crippen molar-refractivity contribution in [1.29, 1.82) is 0 Å². The molecule has 0 aromatic heterocycles. The van der Waals surface area contributed by atoms with Crippen molar-refractivity contribution < 1.29 is 14.3 Å². The number of nitrogens with one attached hydrogen (secondary N) is 2. The highest BCUT2D eigenvalue weighted by Gasteiger charge is 2.19. The lowest BCUT2D eigenvalue weighted by atomic mass is 10.1. The van der Waals surface area contributed by atoms with E-state index in [-0.39, 0.29) is 24.5 Å². The molecule has 2 aromatic carbocycles. The van der Waals surface area contributed by atoms with Crippen molar-refractivity contribution in [2.75, 3.05) is 11.9 Å². The van der Waals surface area contributed by atoms with Crippen LogP contribution >= 0.6 is 23.2 Å². The zero-order valence-corrected chi connectivity index (χ0v) is 14.2. The summed E-state index contributed by atoms with van der Waals surface area (Å²) in [4.78, 5) is 23.7. The molecule has 1 heterocycles. The Labute approximate surface area is 148 Å². The number of anilines is 1. The Balaban J connectivity index is 1.74. The van der Waals surface area contributed by atoms with Gasteiger partial charge in [0.15, 0.2) is 6.61 Å². The molecule has 0 aliphatic carbocycles. The number of halogens is 2. The lowest BCUT2D eigenvalue weighted by molar-refractivity contribution is -0.118. The summed E-state index contributed by atoms with van der Waals surface area (Å²) in [6, 6.07) is 9.85. The van der Waals surface area contributed by atoms with Gasteiger partial charge < -0.3 is 15.4 Å². The van der Waals surface area contributed by atoms with Gasteiger partial charge in [0, 0.05) is 5.56 Å². The van der Waals surface area contributed by atoms with E-state index in [2.05, 4.69) is 10.6 Å². The highest BCUT2D eigenvalue weighted by Crippen LogP contribution is 2.29. The third kappa shape index (κ3) is 3.47. The van der Waals surface area contributed by atoms with Gasteiger partial charge in [-0.1, -0.05) is 29.3 Å². The summed E-state index contributed by atoms with van der Waals surface area (Å²) in [5, 5.41) is 6.48. The van der Waals surface area contributed by atoms with E-state index in [9.17, 15) is 9.59 Å². The molecule has 1 unspecified atom stereocenters. The van der Waals surface area contributed by atoms with Gasteiger partial charge in [-0.3, -0.25) is 9.59 Å². The molecule has 0 spiro atoms. The van der Waals surface area contributed by atoms with Gasteiger partial charge in [-0.15, -0.1) is 0 Å². The first-order valence-corrected chi connectivity index (χ1v) is 8.02. The Hall–Kier alpha value is -2.24. The first-order valence-electron chi connectivity index (χ1n) is 7.26. The van der Waals surface area contributed by atoms with Crippen LogP contribution in [0.3, 0.4) is 0 Å². The number of benzene rings is 2. The maximum absolute atomic E-state index is 12.4. The Morgan fingerprint density at radius 1 is 1.21 bits per heavy atom. The lowest BCUT2D eigenvalue weighted by Gasteiger charge is -2.19. The van der Waals surface area contributed by atoms with Gasteiger partial charge in [0.05, 0.1) is 21.8 Å². The highest BCUT2D eigenvalue weighted by atomic mass is 35.5. The smallest absolute Gasteiger partial charge is 0.262 e. The van der Waals surface area contributed by atoms with Crippen LogP contribution in [0.1, 0.15) is 28.9 Å². The van der Waals surface area contributed by atoms with Crippen molar-refractivity contribution in [3.63, 3.8) is 0 Å². The third-order valence-corrected chi connectivity index (χ3v) is 4.41. The van der Waals surface area contributed by atoms with Crippen LogP contribution < -0.4 is 15.4 Å². The number of carbonyl (C=O) groups is 2. The monoisotopic (exact) mass is 364 g/mol. The molecule has 24 heavy (non-hydrogen) atoms. The van der Waals surface area contributed by atoms with E-state index >= 15 is 0 Å². The summed E-state index contributed by atoms with van der Waals surface area (Å²) in [5.41, 5.74) is 1.84. The largest absolute Gasteiger partial charge is 0.482 e. The SMILES string of the molecule is CC(NC(=O)c1ccc2c(c1)OCC(=O)N2)c1ccc(Cl)c(Cl)c1. The van der Waals surface area contributed by atoms with Crippen molar-refractivity contribution in [1.82, 2.24) is 5.32 Å². The fourth-order valence-corrected chi connectivity index (χ4v) is 2.67. The lowest BCUT2D eigenvalue weighted by Crippen LogP contribution is -2.28. The first kappa shape index (κ1) is 16.6. The van der Waals surface area contributed by atoms with Crippen molar-refractivity contribution >= 4 is 40.7 Å². The number of carbonyl (C=O) groups excluding carboxylic acids is 2. The molecular formula is C17H14Cl2N2O3. The zero-order chi connectivity index (χ0) is 17.3. The average molecular weight is 365 g/mol. The minimum atomic E-state index is -0.253. The van der Waals surface area contributed by atoms with Crippen molar-refractivity contribution in [3.05, 3.63) is 57.6 Å². The molecule has 7 heteroatoms. The molecular weight excluding hydrogens is 351 g/mol. The molecule has 124 valence electrons. The Bertz CT molecular complexity index is 823. The fraction of sp³-hybridized carbons (Fsp3) is 0.176. The molecule has 5 nitrogen and oxygen atoms in total. The van der Waals surface area contributed by atoms with Crippen LogP contribution in [0.25, 0.3) is 0 Å². The molecule has 0 fully saturated rings. The summed E-state index contributed by atoms with van der Waals surface area (Å²) in [6.07, 6.45) is 0. The second kappa shape index (κ2) is 6.71. The molecule has 2 N–H and O–H groups in total. The van der Waals surface area contributed by atoms with E-state index in [1.54, 1.807) is 30.3 Å². The number of fused-ring (bicyclic) bond motifs is 1. The maximum Gasteiger partial charge on any atom is 0.262 e. The molecule has 1 aliphatic heterocycles. The molecule has 1 atom stereocenters. The second-order valence-corrected chi connectivity index (χ2v) is 6.23. The summed E-state index contributed by atoms with van der Waals surface area (Å²) >= 11 is 11.9. The van der Waals surface area contributed by atoms with Gasteiger partial charge in [0.2, 0.25) is 0 Å². The van der Waals surface area contributed by atoms with Crippen molar-refractivity contribution in [3.8, 4) is 5.75 Å². The summed E-state index contributed by atoms with van der Waals surface area (Å²) in [6.45, 7) is 1.80. The number of ether oxygens (including phenoxy) is 1. The van der Waals surface area contributed by atoms with E-state index in [4.69, 9.17) is 27.9 Å². The Morgan fingerprint density at radius 2 is 2.00 bits per heavy atom. The molecule has 3 rings (SSSR count). The Morgan fingerprint density at radius 3 is 2.75 bits per heavy atom. The molecule has 0 saturated heterocycles. The molecule has 1 aliphatic rings. The normalized spacial score (nSPS) is 14.2. The number of hydrogen-bond acceptors (Lipinski definition) is 3. The van der Waals surface area contributed by atoms with E-state index in [0.29, 0.717) is 27.0 Å². The van der Waals surface area contributed by atoms with Gasteiger partial charge in [-0.05, 0) is 42.8 Å². The van der Waals surface area contributed by atoms with Crippen LogP contribution in [0.5, 0.6) is 5.75 Å². The van der Waals surface area contributed by atoms with Crippen molar-refractivity contribution in [2.45, 2.75) is 13.0 Å². The number of hydrogen-bond donors (Lipinski definition) is 2. The molecule has 2 amide bonds. The minimum absolute atomic E-state index is 0.0578. The average Bonchev–Trinajstić information content (AvgIpc) is 2.56. The molecule has 2 aromatic rings. The van der Waals surface area contributed by atoms with Gasteiger partial charge in [0.1, 0.15) is 5.75 Å². The van der Waals surface area contributed by atoms with Crippen LogP contribution in [-0.4, -0.2) is 18.4 Å². The second-order valence-electron chi connectivity index (χ2n) is 5.42. The topological polar surface area (TPSA) is 67.4 Å². The Kier molecular flexibility index (Phi) is 4.64. The van der Waals surface area contributed by atoms with Crippen LogP contribution in [0.4, 0.5) is 5.69 Å². The van der Waals surface area contributed by atoms with E-state index in [0.717, 1.165) is 5.56 Å². The minimum Gasteiger partial charge on any atom is -0.482 e. The summed E-state index contributed by atoms with van der Waals surface area (Å²) in [7, 11) is 0. The quantitative estimate of drug-likeness (QED) is 0.869. The van der Waals surface area contributed by atoms with Crippen LogP contribution in [0, 0.1) is 0 Å². The van der Waals surface area contributed by atoms with E-state index in [1.165, 1.54) is 0 Å². The molecule has 0 saturated carbocycles. The number of rotatable bonds is 3. The highest BCUT2D eigenvalue weighted by molar-refractivity contribution is 6.42. The third-order valence-electron chi connectivity index (χ3n) is 3.67. The van der Waals surface area contributed by atoms with E-state index in [1.807, 2.05) is 13.0 Å². The first-order chi connectivity index (χ1) is 11.4. The van der Waals surface area contributed by atoms with Gasteiger partial charge in [-0.25, -0.2) is 0 Å². The summed E-state index contributed by atoms with van der Waals surface area (Å²) < 4.78 is 5.32. The zero-order valence-electron chi connectivity index (χ0n) is 12.7. The maximum atomic E-state index is 12.4. The predicted molar refractivity (Wildman–Crippen MR) is 92.9 cm³/mol. The van der Waals surface area contributed by atoms with Gasteiger partial charge >= 0.3 is 0 Å². The molecule has 0 radical (unpaired) electrons. The van der Waals surface area contributed by atoms with Crippen molar-refractivity contribution in [2.24, 2.45) is 0 Å². The van der Waals surface area contributed by atoms with Crippen LogP contribution in [0.2, 0.25) is 10.0 Å². The molecule has 0 bridgehead atoms. The summed E-state index contributed by atoms with van der Waals surface area (Å²) in [5.74, 6) is 0.00857. The predicted octanol–water partition coefficient (Wildman–Crippen LogP) is 3.82. The van der Waals surface area contributed by atoms with E-state index < -0.39 is 0 Å².